The van der Waals surface area contributed by atoms with Crippen molar-refractivity contribution >= 4 is 10.9 Å². The summed E-state index contributed by atoms with van der Waals surface area (Å²) in [5.41, 5.74) is 4.44. The maximum atomic E-state index is 5.57. The normalized spacial score (nSPS) is 11.3. The van der Waals surface area contributed by atoms with E-state index in [0.29, 0.717) is 5.89 Å². The maximum absolute atomic E-state index is 5.57. The minimum Gasteiger partial charge on any atom is -0.422 e. The Morgan fingerprint density at radius 3 is 2.00 bits per heavy atom. The van der Waals surface area contributed by atoms with E-state index in [9.17, 15) is 0 Å². The first-order valence-electron chi connectivity index (χ1n) is 8.88. The molecule has 0 radical (unpaired) electrons. The van der Waals surface area contributed by atoms with E-state index in [1.54, 1.807) is 0 Å². The molecule has 0 N–H and O–H groups in total. The average molecular weight is 351 g/mol. The van der Waals surface area contributed by atoms with Gasteiger partial charge in [-0.2, -0.15) is 0 Å². The predicted molar refractivity (Wildman–Crippen MR) is 105 cm³/mol. The van der Waals surface area contributed by atoms with Gasteiger partial charge in [0.1, 0.15) is 5.69 Å². The number of rotatable bonds is 4. The van der Waals surface area contributed by atoms with Crippen molar-refractivity contribution in [2.24, 2.45) is 0 Å². The van der Waals surface area contributed by atoms with Crippen molar-refractivity contribution in [2.75, 3.05) is 0 Å². The maximum Gasteiger partial charge on any atom is 0.264 e. The summed E-state index contributed by atoms with van der Waals surface area (Å²) < 4.78 is 7.85. The van der Waals surface area contributed by atoms with Gasteiger partial charge in [0.25, 0.3) is 5.89 Å². The number of para-hydroxylation sites is 1. The summed E-state index contributed by atoms with van der Waals surface area (Å²) in [6.07, 6.45) is 1.37. The molecule has 0 unspecified atom stereocenters. The molecule has 2 heterocycles. The molecule has 4 nitrogen and oxygen atoms in total. The second-order valence-corrected chi connectivity index (χ2v) is 6.43. The van der Waals surface area contributed by atoms with Crippen LogP contribution in [0.3, 0.4) is 0 Å². The van der Waals surface area contributed by atoms with Crippen LogP contribution < -0.4 is 0 Å². The van der Waals surface area contributed by atoms with Crippen molar-refractivity contribution in [2.45, 2.75) is 6.04 Å². The first-order chi connectivity index (χ1) is 13.4. The molecule has 5 rings (SSSR count). The Bertz CT molecular complexity index is 1120. The number of fused-ring (bicyclic) bond motifs is 1. The van der Waals surface area contributed by atoms with Gasteiger partial charge in [-0.25, -0.2) is 0 Å². The largest absolute Gasteiger partial charge is 0.422 e. The van der Waals surface area contributed by atoms with Crippen LogP contribution in [-0.2, 0) is 0 Å². The number of hydrogen-bond acceptors (Lipinski definition) is 3. The second-order valence-electron chi connectivity index (χ2n) is 6.43. The van der Waals surface area contributed by atoms with Gasteiger partial charge in [0.2, 0.25) is 6.39 Å². The smallest absolute Gasteiger partial charge is 0.264 e. The summed E-state index contributed by atoms with van der Waals surface area (Å²) >= 11 is 0. The lowest BCUT2D eigenvalue weighted by Gasteiger charge is -2.23. The zero-order valence-electron chi connectivity index (χ0n) is 14.6. The number of nitrogens with zero attached hydrogens (tertiary/aromatic N) is 3. The first kappa shape index (κ1) is 15.6. The molecule has 2 aromatic heterocycles. The van der Waals surface area contributed by atoms with E-state index in [1.165, 1.54) is 17.5 Å². The third-order valence-electron chi connectivity index (χ3n) is 4.82. The monoisotopic (exact) mass is 351 g/mol. The van der Waals surface area contributed by atoms with Gasteiger partial charge in [0, 0.05) is 10.9 Å². The lowest BCUT2D eigenvalue weighted by atomic mass is 9.98. The minimum atomic E-state index is -0.00537. The zero-order valence-corrected chi connectivity index (χ0v) is 14.6. The Balaban J connectivity index is 1.84. The summed E-state index contributed by atoms with van der Waals surface area (Å²) in [5, 5.41) is 9.20. The molecule has 0 amide bonds. The Hall–Kier alpha value is -3.66. The highest BCUT2D eigenvalue weighted by Crippen LogP contribution is 2.36. The standard InChI is InChI=1S/C23H17N3O/c1-3-9-17(10-4-1)22(18-11-5-2-6-12-18)26-20-14-8-7-13-19(20)15-21(26)23-25-24-16-27-23/h1-16,22H. The SMILES string of the molecule is c1ccc(C(c2ccccc2)n2c(-c3nnco3)cc3ccccc32)cc1. The Morgan fingerprint density at radius 2 is 1.37 bits per heavy atom. The molecule has 0 aliphatic rings. The van der Waals surface area contributed by atoms with E-state index in [4.69, 9.17) is 4.42 Å². The molecule has 0 saturated carbocycles. The lowest BCUT2D eigenvalue weighted by molar-refractivity contribution is 0.558. The van der Waals surface area contributed by atoms with Crippen LogP contribution in [0.15, 0.2) is 102 Å². The van der Waals surface area contributed by atoms with Crippen molar-refractivity contribution in [1.29, 1.82) is 0 Å². The Kier molecular flexibility index (Phi) is 3.79. The lowest BCUT2D eigenvalue weighted by Crippen LogP contribution is -2.13. The number of hydrogen-bond donors (Lipinski definition) is 0. The van der Waals surface area contributed by atoms with Crippen LogP contribution >= 0.6 is 0 Å². The molecule has 0 aliphatic carbocycles. The van der Waals surface area contributed by atoms with Gasteiger partial charge in [-0.15, -0.1) is 10.2 Å². The quantitative estimate of drug-likeness (QED) is 0.440. The highest BCUT2D eigenvalue weighted by Gasteiger charge is 2.24. The van der Waals surface area contributed by atoms with E-state index in [1.807, 2.05) is 18.2 Å². The van der Waals surface area contributed by atoms with Crippen LogP contribution in [0.4, 0.5) is 0 Å². The van der Waals surface area contributed by atoms with E-state index in [2.05, 4.69) is 87.6 Å². The number of aromatic nitrogens is 3. The van der Waals surface area contributed by atoms with E-state index in [-0.39, 0.29) is 6.04 Å². The molecule has 0 atom stereocenters. The van der Waals surface area contributed by atoms with Crippen LogP contribution in [0.25, 0.3) is 22.5 Å². The van der Waals surface area contributed by atoms with Crippen LogP contribution in [-0.4, -0.2) is 14.8 Å². The number of benzene rings is 3. The fourth-order valence-electron chi connectivity index (χ4n) is 3.66. The summed E-state index contributed by atoms with van der Waals surface area (Å²) in [5.74, 6) is 0.517. The molecular weight excluding hydrogens is 334 g/mol. The molecule has 0 bridgehead atoms. The molecule has 27 heavy (non-hydrogen) atoms. The van der Waals surface area contributed by atoms with E-state index >= 15 is 0 Å². The summed E-state index contributed by atoms with van der Waals surface area (Å²) in [6, 6.07) is 31.5. The third-order valence-corrected chi connectivity index (χ3v) is 4.82. The molecular formula is C23H17N3O. The van der Waals surface area contributed by atoms with Gasteiger partial charge >= 0.3 is 0 Å². The van der Waals surface area contributed by atoms with Gasteiger partial charge in [0.05, 0.1) is 6.04 Å². The Morgan fingerprint density at radius 1 is 0.741 bits per heavy atom. The molecule has 4 heteroatoms. The molecule has 0 saturated heterocycles. The fraction of sp³-hybridized carbons (Fsp3) is 0.0435. The first-order valence-corrected chi connectivity index (χ1v) is 8.88. The average Bonchev–Trinajstić information content (AvgIpc) is 3.38. The summed E-state index contributed by atoms with van der Waals surface area (Å²) in [4.78, 5) is 0. The van der Waals surface area contributed by atoms with Crippen molar-refractivity contribution in [3.8, 4) is 11.6 Å². The van der Waals surface area contributed by atoms with Gasteiger partial charge in [0.15, 0.2) is 0 Å². The van der Waals surface area contributed by atoms with E-state index in [0.717, 1.165) is 16.6 Å². The zero-order chi connectivity index (χ0) is 18.1. The van der Waals surface area contributed by atoms with E-state index < -0.39 is 0 Å². The fourth-order valence-corrected chi connectivity index (χ4v) is 3.66. The van der Waals surface area contributed by atoms with Gasteiger partial charge in [-0.05, 0) is 23.3 Å². The van der Waals surface area contributed by atoms with Gasteiger partial charge in [-0.3, -0.25) is 0 Å². The second kappa shape index (κ2) is 6.57. The molecule has 0 spiro atoms. The molecule has 0 aliphatic heterocycles. The molecule has 130 valence electrons. The highest BCUT2D eigenvalue weighted by atomic mass is 16.4. The van der Waals surface area contributed by atoms with Crippen LogP contribution in [0.5, 0.6) is 0 Å². The molecule has 5 aromatic rings. The van der Waals surface area contributed by atoms with Crippen molar-refractivity contribution in [3.05, 3.63) is 109 Å². The van der Waals surface area contributed by atoms with Gasteiger partial charge in [-0.1, -0.05) is 78.9 Å². The van der Waals surface area contributed by atoms with Crippen molar-refractivity contribution < 1.29 is 4.42 Å². The van der Waals surface area contributed by atoms with Crippen LogP contribution in [0.2, 0.25) is 0 Å². The summed E-state index contributed by atoms with van der Waals surface area (Å²) in [7, 11) is 0. The highest BCUT2D eigenvalue weighted by molar-refractivity contribution is 5.86. The van der Waals surface area contributed by atoms with Crippen LogP contribution in [0.1, 0.15) is 17.2 Å². The van der Waals surface area contributed by atoms with Gasteiger partial charge < -0.3 is 8.98 Å². The topological polar surface area (TPSA) is 43.9 Å². The van der Waals surface area contributed by atoms with Crippen molar-refractivity contribution in [1.82, 2.24) is 14.8 Å². The molecule has 0 fully saturated rings. The Labute approximate surface area is 156 Å². The van der Waals surface area contributed by atoms with Crippen LogP contribution in [0, 0.1) is 0 Å². The predicted octanol–water partition coefficient (Wildman–Crippen LogP) is 5.33. The summed E-state index contributed by atoms with van der Waals surface area (Å²) in [6.45, 7) is 0. The minimum absolute atomic E-state index is 0.00537. The molecule has 3 aromatic carbocycles. The van der Waals surface area contributed by atoms with Crippen molar-refractivity contribution in [3.63, 3.8) is 0 Å². The third kappa shape index (κ3) is 2.72.